The summed E-state index contributed by atoms with van der Waals surface area (Å²) in [5.41, 5.74) is 10.1. The summed E-state index contributed by atoms with van der Waals surface area (Å²) >= 11 is 0. The minimum atomic E-state index is -2.82. The monoisotopic (exact) mass is 817 g/mol. The Morgan fingerprint density at radius 2 is 0.619 bits per heavy atom. The fourth-order valence-corrected chi connectivity index (χ4v) is 14.9. The highest BCUT2D eigenvalue weighted by Crippen LogP contribution is 2.34. The number of nitrogens with zero attached hydrogens (tertiary/aromatic N) is 3. The zero-order valence-corrected chi connectivity index (χ0v) is 35.4. The molecular formula is C59H39N3Si. The van der Waals surface area contributed by atoms with E-state index in [1.165, 1.54) is 64.5 Å². The molecule has 12 rings (SSSR count). The number of benzene rings is 10. The van der Waals surface area contributed by atoms with E-state index in [0.29, 0.717) is 17.5 Å². The molecule has 1 aliphatic heterocycles. The van der Waals surface area contributed by atoms with Crippen molar-refractivity contribution in [2.24, 2.45) is 0 Å². The van der Waals surface area contributed by atoms with Crippen molar-refractivity contribution < 1.29 is 0 Å². The lowest BCUT2D eigenvalue weighted by atomic mass is 9.99. The Balaban J connectivity index is 0.984. The minimum Gasteiger partial charge on any atom is -0.208 e. The molecule has 2 heterocycles. The van der Waals surface area contributed by atoms with Crippen molar-refractivity contribution in [3.8, 4) is 67.5 Å². The molecule has 0 unspecified atom stereocenters. The standard InChI is InChI=1S/C59H39N3Si/c1-3-13-40(14-4-1)43-23-27-46(28-24-43)58-60-57(45-17-5-2-6-18-45)61-59(62-58)47-29-25-44(26-30-47)50-33-36-54-53-21-11-12-22-55(53)63(56(54)39-50,51-34-31-41-15-7-9-19-48(41)37-51)52-35-32-42-16-8-10-20-49(42)38-52/h1-39H. The van der Waals surface area contributed by atoms with Gasteiger partial charge in [0.25, 0.3) is 0 Å². The Bertz CT molecular complexity index is 3410. The van der Waals surface area contributed by atoms with Gasteiger partial charge in [-0.05, 0) is 75.7 Å². The zero-order valence-electron chi connectivity index (χ0n) is 34.4. The van der Waals surface area contributed by atoms with Crippen LogP contribution in [0.25, 0.3) is 89.1 Å². The average molecular weight is 818 g/mol. The number of aromatic nitrogens is 3. The Morgan fingerprint density at radius 3 is 1.17 bits per heavy atom. The molecule has 0 radical (unpaired) electrons. The van der Waals surface area contributed by atoms with Gasteiger partial charge in [0.05, 0.1) is 0 Å². The largest absolute Gasteiger partial charge is 0.208 e. The molecule has 1 aromatic heterocycles. The second-order valence-corrected chi connectivity index (χ2v) is 20.1. The van der Waals surface area contributed by atoms with Gasteiger partial charge < -0.3 is 0 Å². The molecule has 0 aliphatic carbocycles. The second kappa shape index (κ2) is 15.1. The van der Waals surface area contributed by atoms with Gasteiger partial charge >= 0.3 is 0 Å². The van der Waals surface area contributed by atoms with Crippen LogP contribution >= 0.6 is 0 Å². The summed E-state index contributed by atoms with van der Waals surface area (Å²) in [7, 11) is -2.82. The van der Waals surface area contributed by atoms with Crippen LogP contribution in [0.1, 0.15) is 0 Å². The summed E-state index contributed by atoms with van der Waals surface area (Å²) in [6.45, 7) is 0. The molecule has 0 spiro atoms. The molecule has 4 heteroatoms. The molecule has 0 saturated carbocycles. The van der Waals surface area contributed by atoms with E-state index in [9.17, 15) is 0 Å². The predicted octanol–water partition coefficient (Wildman–Crippen LogP) is 11.9. The van der Waals surface area contributed by atoms with E-state index in [1.54, 1.807) is 0 Å². The fraction of sp³-hybridized carbons (Fsp3) is 0. The van der Waals surface area contributed by atoms with E-state index in [2.05, 4.69) is 212 Å². The van der Waals surface area contributed by atoms with E-state index >= 15 is 0 Å². The lowest BCUT2D eigenvalue weighted by molar-refractivity contribution is 1.07. The van der Waals surface area contributed by atoms with Crippen LogP contribution < -0.4 is 20.7 Å². The smallest absolute Gasteiger partial charge is 0.180 e. The molecule has 63 heavy (non-hydrogen) atoms. The molecule has 11 aromatic rings. The van der Waals surface area contributed by atoms with Crippen molar-refractivity contribution in [1.29, 1.82) is 0 Å². The lowest BCUT2D eigenvalue weighted by Crippen LogP contribution is -2.72. The van der Waals surface area contributed by atoms with Crippen LogP contribution in [-0.2, 0) is 0 Å². The molecule has 0 bridgehead atoms. The first-order valence-electron chi connectivity index (χ1n) is 21.5. The summed E-state index contributed by atoms with van der Waals surface area (Å²) in [4.78, 5) is 15.1. The molecule has 294 valence electrons. The van der Waals surface area contributed by atoms with Crippen LogP contribution in [0.3, 0.4) is 0 Å². The third-order valence-electron chi connectivity index (χ3n) is 12.8. The van der Waals surface area contributed by atoms with Crippen LogP contribution in [0.15, 0.2) is 237 Å². The van der Waals surface area contributed by atoms with Gasteiger partial charge in [0.1, 0.15) is 0 Å². The van der Waals surface area contributed by atoms with Crippen molar-refractivity contribution in [3.63, 3.8) is 0 Å². The van der Waals surface area contributed by atoms with Gasteiger partial charge in [-0.1, -0.05) is 237 Å². The van der Waals surface area contributed by atoms with E-state index in [1.807, 2.05) is 24.3 Å². The molecule has 0 saturated heterocycles. The van der Waals surface area contributed by atoms with E-state index < -0.39 is 8.07 Å². The Morgan fingerprint density at radius 1 is 0.238 bits per heavy atom. The second-order valence-electron chi connectivity index (χ2n) is 16.4. The minimum absolute atomic E-state index is 0.640. The van der Waals surface area contributed by atoms with Crippen LogP contribution in [0, 0.1) is 0 Å². The van der Waals surface area contributed by atoms with Crippen LogP contribution in [0.5, 0.6) is 0 Å². The van der Waals surface area contributed by atoms with Crippen molar-refractivity contribution in [1.82, 2.24) is 15.0 Å². The molecule has 0 atom stereocenters. The van der Waals surface area contributed by atoms with Gasteiger partial charge in [0.15, 0.2) is 25.5 Å². The van der Waals surface area contributed by atoms with Crippen molar-refractivity contribution in [2.45, 2.75) is 0 Å². The maximum atomic E-state index is 5.09. The lowest BCUT2D eigenvalue weighted by Gasteiger charge is -2.32. The topological polar surface area (TPSA) is 38.7 Å². The summed E-state index contributed by atoms with van der Waals surface area (Å²) < 4.78 is 0. The molecule has 3 nitrogen and oxygen atoms in total. The van der Waals surface area contributed by atoms with E-state index in [4.69, 9.17) is 15.0 Å². The highest BCUT2D eigenvalue weighted by atomic mass is 28.3. The van der Waals surface area contributed by atoms with Gasteiger partial charge in [-0.3, -0.25) is 0 Å². The number of hydrogen-bond acceptors (Lipinski definition) is 3. The molecular weight excluding hydrogens is 779 g/mol. The zero-order chi connectivity index (χ0) is 41.7. The quantitative estimate of drug-likeness (QED) is 0.150. The average Bonchev–Trinajstić information content (AvgIpc) is 3.67. The first-order valence-corrected chi connectivity index (χ1v) is 23.5. The molecule has 0 amide bonds. The fourth-order valence-electron chi connectivity index (χ4n) is 9.70. The van der Waals surface area contributed by atoms with Crippen molar-refractivity contribution in [3.05, 3.63) is 237 Å². The predicted molar refractivity (Wildman–Crippen MR) is 265 cm³/mol. The van der Waals surface area contributed by atoms with Gasteiger partial charge in [-0.15, -0.1) is 0 Å². The maximum absolute atomic E-state index is 5.09. The summed E-state index contributed by atoms with van der Waals surface area (Å²) in [5.74, 6) is 1.93. The normalized spacial score (nSPS) is 12.6. The Labute approximate surface area is 367 Å². The Hall–Kier alpha value is -8.05. The van der Waals surface area contributed by atoms with Crippen LogP contribution in [0.4, 0.5) is 0 Å². The summed E-state index contributed by atoms with van der Waals surface area (Å²) in [6.07, 6.45) is 0. The van der Waals surface area contributed by atoms with Crippen molar-refractivity contribution in [2.75, 3.05) is 0 Å². The molecule has 0 fully saturated rings. The van der Waals surface area contributed by atoms with Gasteiger partial charge in [-0.2, -0.15) is 0 Å². The summed E-state index contributed by atoms with van der Waals surface area (Å²) in [6, 6.07) is 86.0. The summed E-state index contributed by atoms with van der Waals surface area (Å²) in [5, 5.41) is 10.7. The van der Waals surface area contributed by atoms with Crippen LogP contribution in [-0.4, -0.2) is 23.0 Å². The Kier molecular flexibility index (Phi) is 8.84. The highest BCUT2D eigenvalue weighted by molar-refractivity contribution is 7.22. The number of hydrogen-bond donors (Lipinski definition) is 0. The van der Waals surface area contributed by atoms with E-state index in [-0.39, 0.29) is 0 Å². The maximum Gasteiger partial charge on any atom is 0.180 e. The SMILES string of the molecule is c1ccc(-c2ccc(-c3nc(-c4ccccc4)nc(-c4ccc(-c5ccc6c(c5)[Si](c5ccc7ccccc7c5)(c5ccc7ccccc7c5)c5ccccc5-6)cc4)n3)cc2)cc1. The number of rotatable bonds is 7. The van der Waals surface area contributed by atoms with Crippen molar-refractivity contribution >= 4 is 50.4 Å². The first-order chi connectivity index (χ1) is 31.2. The van der Waals surface area contributed by atoms with E-state index in [0.717, 1.165) is 27.8 Å². The third kappa shape index (κ3) is 6.31. The van der Waals surface area contributed by atoms with Crippen LogP contribution in [0.2, 0.25) is 0 Å². The first kappa shape index (κ1) is 36.8. The van der Waals surface area contributed by atoms with Gasteiger partial charge in [0, 0.05) is 16.7 Å². The molecule has 1 aliphatic rings. The molecule has 0 N–H and O–H groups in total. The van der Waals surface area contributed by atoms with Gasteiger partial charge in [0.2, 0.25) is 0 Å². The third-order valence-corrected chi connectivity index (χ3v) is 17.6. The molecule has 10 aromatic carbocycles. The van der Waals surface area contributed by atoms with Gasteiger partial charge in [-0.25, -0.2) is 15.0 Å². The number of fused-ring (bicyclic) bond motifs is 5. The highest BCUT2D eigenvalue weighted by Gasteiger charge is 2.49.